The van der Waals surface area contributed by atoms with Gasteiger partial charge < -0.3 is 4.90 Å². The van der Waals surface area contributed by atoms with Gasteiger partial charge >= 0.3 is 0 Å². The van der Waals surface area contributed by atoms with Crippen LogP contribution in [0, 0.1) is 17.3 Å². The third kappa shape index (κ3) is 3.58. The quantitative estimate of drug-likeness (QED) is 0.746. The van der Waals surface area contributed by atoms with E-state index in [1.54, 1.807) is 0 Å². The molecule has 0 amide bonds. The number of nitrogens with zero attached hydrogens (tertiary/aromatic N) is 1. The maximum absolute atomic E-state index is 12.5. The minimum absolute atomic E-state index is 0.0365. The van der Waals surface area contributed by atoms with Gasteiger partial charge in [0.15, 0.2) is 5.78 Å². The van der Waals surface area contributed by atoms with Crippen LogP contribution in [0.5, 0.6) is 0 Å². The Kier molecular flexibility index (Phi) is 4.40. The summed E-state index contributed by atoms with van der Waals surface area (Å²) < 4.78 is 0. The molecule has 1 rings (SSSR count). The van der Waals surface area contributed by atoms with Crippen molar-refractivity contribution in [1.82, 2.24) is 4.90 Å². The highest BCUT2D eigenvalue weighted by Gasteiger charge is 2.33. The lowest BCUT2D eigenvalue weighted by Crippen LogP contribution is -2.35. The minimum atomic E-state index is 0.0365. The highest BCUT2D eigenvalue weighted by Crippen LogP contribution is 2.36. The fraction of sp³-hybridized carbons (Fsp3) is 0.800. The van der Waals surface area contributed by atoms with Gasteiger partial charge in [-0.05, 0) is 24.2 Å². The Morgan fingerprint density at radius 3 is 2.53 bits per heavy atom. The first kappa shape index (κ1) is 14.3. The molecule has 0 fully saturated rings. The molecule has 0 saturated carbocycles. The normalized spacial score (nSPS) is 21.4. The molecule has 0 aromatic carbocycles. The van der Waals surface area contributed by atoms with Crippen LogP contribution in [0.15, 0.2) is 11.8 Å². The molecule has 1 heterocycles. The molecule has 0 aliphatic carbocycles. The van der Waals surface area contributed by atoms with Crippen molar-refractivity contribution >= 4 is 5.78 Å². The summed E-state index contributed by atoms with van der Waals surface area (Å²) in [6.45, 7) is 11.8. The van der Waals surface area contributed by atoms with Gasteiger partial charge in [-0.15, -0.1) is 0 Å². The number of carbonyl (C=O) groups is 1. The number of carbonyl (C=O) groups excluding carboxylic acids is 1. The lowest BCUT2D eigenvalue weighted by Gasteiger charge is -2.36. The van der Waals surface area contributed by atoms with Crippen LogP contribution in [0.2, 0.25) is 0 Å². The SMILES string of the molecule is CC(C)CC(C)C(=O)C1=CN(C)CCC1(C)C. The minimum Gasteiger partial charge on any atom is -0.380 e. The van der Waals surface area contributed by atoms with E-state index in [2.05, 4.69) is 52.8 Å². The lowest BCUT2D eigenvalue weighted by atomic mass is 9.74. The Labute approximate surface area is 106 Å². The Morgan fingerprint density at radius 1 is 1.41 bits per heavy atom. The first-order chi connectivity index (χ1) is 7.74. The van der Waals surface area contributed by atoms with E-state index in [0.717, 1.165) is 25.0 Å². The molecule has 98 valence electrons. The highest BCUT2D eigenvalue weighted by molar-refractivity contribution is 5.98. The second kappa shape index (κ2) is 5.24. The van der Waals surface area contributed by atoms with Crippen LogP contribution in [0.4, 0.5) is 0 Å². The maximum Gasteiger partial charge on any atom is 0.163 e. The Bertz CT molecular complexity index is 315. The second-order valence-electron chi connectivity index (χ2n) is 6.55. The largest absolute Gasteiger partial charge is 0.380 e. The molecule has 0 radical (unpaired) electrons. The molecular weight excluding hydrogens is 210 g/mol. The van der Waals surface area contributed by atoms with Crippen molar-refractivity contribution in [2.75, 3.05) is 13.6 Å². The van der Waals surface area contributed by atoms with E-state index in [-0.39, 0.29) is 11.3 Å². The summed E-state index contributed by atoms with van der Waals surface area (Å²) >= 11 is 0. The van der Waals surface area contributed by atoms with E-state index in [1.165, 1.54) is 0 Å². The third-order valence-electron chi connectivity index (χ3n) is 3.71. The second-order valence-corrected chi connectivity index (χ2v) is 6.55. The Hall–Kier alpha value is -0.790. The molecule has 0 N–H and O–H groups in total. The van der Waals surface area contributed by atoms with Gasteiger partial charge in [0.1, 0.15) is 0 Å². The number of hydrogen-bond acceptors (Lipinski definition) is 2. The first-order valence-corrected chi connectivity index (χ1v) is 6.71. The zero-order chi connectivity index (χ0) is 13.2. The fourth-order valence-corrected chi connectivity index (χ4v) is 2.53. The average molecular weight is 237 g/mol. The molecule has 17 heavy (non-hydrogen) atoms. The molecule has 0 saturated heterocycles. The van der Waals surface area contributed by atoms with Crippen molar-refractivity contribution in [3.8, 4) is 0 Å². The average Bonchev–Trinajstić information content (AvgIpc) is 2.19. The monoisotopic (exact) mass is 237 g/mol. The molecule has 1 atom stereocenters. The molecule has 0 spiro atoms. The zero-order valence-corrected chi connectivity index (χ0v) is 12.2. The molecule has 0 bridgehead atoms. The van der Waals surface area contributed by atoms with Crippen LogP contribution in [0.1, 0.15) is 47.5 Å². The van der Waals surface area contributed by atoms with Gasteiger partial charge in [0, 0.05) is 31.3 Å². The van der Waals surface area contributed by atoms with E-state index in [1.807, 2.05) is 0 Å². The van der Waals surface area contributed by atoms with Crippen LogP contribution >= 0.6 is 0 Å². The molecular formula is C15H27NO. The van der Waals surface area contributed by atoms with E-state index in [9.17, 15) is 4.79 Å². The van der Waals surface area contributed by atoms with Gasteiger partial charge in [-0.25, -0.2) is 0 Å². The fourth-order valence-electron chi connectivity index (χ4n) is 2.53. The Morgan fingerprint density at radius 2 is 2.00 bits per heavy atom. The summed E-state index contributed by atoms with van der Waals surface area (Å²) in [7, 11) is 2.05. The van der Waals surface area contributed by atoms with Crippen LogP contribution in [-0.4, -0.2) is 24.3 Å². The summed E-state index contributed by atoms with van der Waals surface area (Å²) in [4.78, 5) is 14.6. The van der Waals surface area contributed by atoms with Crippen molar-refractivity contribution in [2.45, 2.75) is 47.5 Å². The number of allylic oxidation sites excluding steroid dienone is 1. The summed E-state index contributed by atoms with van der Waals surface area (Å²) in [5.74, 6) is 1.07. The summed E-state index contributed by atoms with van der Waals surface area (Å²) in [5, 5.41) is 0. The molecule has 2 heteroatoms. The lowest BCUT2D eigenvalue weighted by molar-refractivity contribution is -0.120. The van der Waals surface area contributed by atoms with Gasteiger partial charge in [-0.3, -0.25) is 4.79 Å². The number of hydrogen-bond donors (Lipinski definition) is 0. The zero-order valence-electron chi connectivity index (χ0n) is 12.2. The van der Waals surface area contributed by atoms with Gasteiger partial charge in [-0.1, -0.05) is 34.6 Å². The van der Waals surface area contributed by atoms with Gasteiger partial charge in [0.05, 0.1) is 0 Å². The van der Waals surface area contributed by atoms with Crippen LogP contribution in [0.3, 0.4) is 0 Å². The van der Waals surface area contributed by atoms with Crippen LogP contribution in [-0.2, 0) is 4.79 Å². The number of ketones is 1. The summed E-state index contributed by atoms with van der Waals surface area (Å²) in [6, 6.07) is 0. The van der Waals surface area contributed by atoms with Crippen LogP contribution in [0.25, 0.3) is 0 Å². The molecule has 1 aliphatic rings. The van der Waals surface area contributed by atoms with Crippen LogP contribution < -0.4 is 0 Å². The van der Waals surface area contributed by atoms with Crippen molar-refractivity contribution < 1.29 is 4.79 Å². The Balaban J connectivity index is 2.86. The van der Waals surface area contributed by atoms with E-state index < -0.39 is 0 Å². The third-order valence-corrected chi connectivity index (χ3v) is 3.71. The number of Topliss-reactive ketones (excluding diaryl/α,β-unsaturated/α-hetero) is 1. The summed E-state index contributed by atoms with van der Waals surface area (Å²) in [5.41, 5.74) is 1.05. The van der Waals surface area contributed by atoms with Gasteiger partial charge in [0.25, 0.3) is 0 Å². The number of rotatable bonds is 4. The van der Waals surface area contributed by atoms with Crippen molar-refractivity contribution in [1.29, 1.82) is 0 Å². The van der Waals surface area contributed by atoms with E-state index in [4.69, 9.17) is 0 Å². The van der Waals surface area contributed by atoms with Crippen molar-refractivity contribution in [3.63, 3.8) is 0 Å². The summed E-state index contributed by atoms with van der Waals surface area (Å²) in [6.07, 6.45) is 4.11. The molecule has 1 unspecified atom stereocenters. The van der Waals surface area contributed by atoms with Crippen molar-refractivity contribution in [3.05, 3.63) is 11.8 Å². The molecule has 1 aliphatic heterocycles. The predicted octanol–water partition coefficient (Wildman–Crippen LogP) is 3.48. The maximum atomic E-state index is 12.5. The van der Waals surface area contributed by atoms with E-state index >= 15 is 0 Å². The predicted molar refractivity (Wildman–Crippen MR) is 72.7 cm³/mol. The first-order valence-electron chi connectivity index (χ1n) is 6.71. The smallest absolute Gasteiger partial charge is 0.163 e. The highest BCUT2D eigenvalue weighted by atomic mass is 16.1. The molecule has 2 nitrogen and oxygen atoms in total. The molecule has 0 aromatic heterocycles. The van der Waals surface area contributed by atoms with E-state index in [0.29, 0.717) is 11.7 Å². The molecule has 0 aromatic rings. The van der Waals surface area contributed by atoms with Gasteiger partial charge in [-0.2, -0.15) is 0 Å². The van der Waals surface area contributed by atoms with Gasteiger partial charge in [0.2, 0.25) is 0 Å². The van der Waals surface area contributed by atoms with Crippen molar-refractivity contribution in [2.24, 2.45) is 17.3 Å². The topological polar surface area (TPSA) is 20.3 Å². The standard InChI is InChI=1S/C15H27NO/c1-11(2)9-12(3)14(17)13-10-16(6)8-7-15(13,4)5/h10-12H,7-9H2,1-6H3.